The number of pyridine rings is 2. The number of anilines is 1. The van der Waals surface area contributed by atoms with Crippen LogP contribution in [0.1, 0.15) is 0 Å². The van der Waals surface area contributed by atoms with Gasteiger partial charge in [-0.3, -0.25) is 18.7 Å². The average Bonchev–Trinajstić information content (AvgIpc) is 3.66. The maximum atomic E-state index is 14.6. The molecule has 4 aromatic carbocycles. The molecule has 0 fully saturated rings. The van der Waals surface area contributed by atoms with Gasteiger partial charge in [-0.15, -0.1) is 0 Å². The van der Waals surface area contributed by atoms with Crippen molar-refractivity contribution in [2.75, 3.05) is 17.6 Å². The van der Waals surface area contributed by atoms with Crippen LogP contribution >= 0.6 is 0 Å². The fraction of sp³-hybridized carbons (Fsp3) is 0.0556. The summed E-state index contributed by atoms with van der Waals surface area (Å²) in [6.07, 6.45) is 4.27. The number of hydrogen-bond donors (Lipinski definition) is 1. The van der Waals surface area contributed by atoms with Gasteiger partial charge in [0.1, 0.15) is 17.0 Å². The van der Waals surface area contributed by atoms with Crippen LogP contribution in [0.25, 0.3) is 71.8 Å². The van der Waals surface area contributed by atoms with Gasteiger partial charge in [-0.1, -0.05) is 36.4 Å². The fourth-order valence-corrected chi connectivity index (χ4v) is 6.65. The van der Waals surface area contributed by atoms with Crippen molar-refractivity contribution in [2.24, 2.45) is 0 Å². The predicted octanol–water partition coefficient (Wildman–Crippen LogP) is 7.64. The first-order chi connectivity index (χ1) is 22.2. The summed E-state index contributed by atoms with van der Waals surface area (Å²) < 4.78 is 49.3. The van der Waals surface area contributed by atoms with E-state index in [1.54, 1.807) is 42.7 Å². The van der Waals surface area contributed by atoms with Crippen LogP contribution in [0.3, 0.4) is 0 Å². The topological polar surface area (TPSA) is 101 Å². The van der Waals surface area contributed by atoms with E-state index in [9.17, 15) is 17.6 Å². The Hall–Kier alpha value is -5.74. The summed E-state index contributed by atoms with van der Waals surface area (Å²) in [6, 6.07) is 28.9. The lowest BCUT2D eigenvalue weighted by Crippen LogP contribution is -2.25. The summed E-state index contributed by atoms with van der Waals surface area (Å²) in [7, 11) is -2.20. The van der Waals surface area contributed by atoms with E-state index in [1.165, 1.54) is 28.1 Å². The van der Waals surface area contributed by atoms with Crippen LogP contribution in [0.2, 0.25) is 0 Å². The number of fused-ring (bicyclic) bond motifs is 6. The van der Waals surface area contributed by atoms with Crippen LogP contribution in [0.4, 0.5) is 10.1 Å². The number of benzene rings is 4. The van der Waals surface area contributed by atoms with E-state index >= 15 is 0 Å². The highest BCUT2D eigenvalue weighted by atomic mass is 32.2. The van der Waals surface area contributed by atoms with E-state index in [4.69, 9.17) is 4.42 Å². The van der Waals surface area contributed by atoms with Crippen LogP contribution in [0.5, 0.6) is 0 Å². The molecule has 4 heterocycles. The Labute approximate surface area is 262 Å². The zero-order valence-electron chi connectivity index (χ0n) is 24.7. The maximum Gasteiger partial charge on any atom is 0.267 e. The molecule has 8 aromatic rings. The summed E-state index contributed by atoms with van der Waals surface area (Å²) in [5, 5.41) is 2.41. The Morgan fingerprint density at radius 3 is 2.43 bits per heavy atom. The molecule has 10 heteroatoms. The molecular formula is C36H25FN4O4S. The van der Waals surface area contributed by atoms with E-state index < -0.39 is 21.4 Å². The Balaban J connectivity index is 1.44. The van der Waals surface area contributed by atoms with Crippen molar-refractivity contribution in [2.45, 2.75) is 0 Å². The summed E-state index contributed by atoms with van der Waals surface area (Å²) in [6.45, 7) is 0. The van der Waals surface area contributed by atoms with Gasteiger partial charge in [-0.25, -0.2) is 12.8 Å². The standard InChI is InChI=1S/C36H25FN4O4S/c1-40(46(2,43)44)31-20-33-28(19-27(31)21-7-5-8-22(16-21)30-17-23-6-3-4-9-29(23)39-30)34-35(45-33)26-11-10-24(37)18-32(26)41(36(34)42)25-12-14-38-15-13-25/h3-20,39H,1-2H3. The first-order valence-electron chi connectivity index (χ1n) is 14.4. The highest BCUT2D eigenvalue weighted by Gasteiger charge is 2.24. The summed E-state index contributed by atoms with van der Waals surface area (Å²) in [5.41, 5.74) is 5.61. The minimum Gasteiger partial charge on any atom is -0.455 e. The number of nitrogens with one attached hydrogen (secondary N) is 1. The highest BCUT2D eigenvalue weighted by Crippen LogP contribution is 2.41. The molecule has 0 aliphatic heterocycles. The highest BCUT2D eigenvalue weighted by molar-refractivity contribution is 7.92. The molecule has 0 unspecified atom stereocenters. The Bertz CT molecular complexity index is 2640. The Kier molecular flexibility index (Phi) is 6.13. The third kappa shape index (κ3) is 4.37. The number of sulfonamides is 1. The van der Waals surface area contributed by atoms with Gasteiger partial charge in [0.2, 0.25) is 10.0 Å². The molecule has 0 radical (unpaired) electrons. The number of aromatic nitrogens is 3. The number of H-pyrrole nitrogens is 1. The molecule has 4 aromatic heterocycles. The summed E-state index contributed by atoms with van der Waals surface area (Å²) in [5.74, 6) is -0.501. The summed E-state index contributed by atoms with van der Waals surface area (Å²) in [4.78, 5) is 21.9. The molecule has 0 saturated carbocycles. The van der Waals surface area contributed by atoms with E-state index in [-0.39, 0.29) is 5.58 Å². The first-order valence-corrected chi connectivity index (χ1v) is 16.3. The SMILES string of the molecule is CN(c1cc2oc3c4ccc(F)cc4n(-c4ccncc4)c(=O)c3c2cc1-c1cccc(-c2cc3ccccc3[nH]2)c1)S(C)(=O)=O. The molecule has 0 amide bonds. The van der Waals surface area contributed by atoms with Crippen LogP contribution in [0.15, 0.2) is 119 Å². The number of para-hydroxylation sites is 1. The van der Waals surface area contributed by atoms with Gasteiger partial charge in [0, 0.05) is 58.4 Å². The molecule has 46 heavy (non-hydrogen) atoms. The fourth-order valence-electron chi connectivity index (χ4n) is 6.14. The van der Waals surface area contributed by atoms with Crippen molar-refractivity contribution in [1.29, 1.82) is 0 Å². The minimum absolute atomic E-state index is 0.289. The van der Waals surface area contributed by atoms with Gasteiger partial charge in [0.25, 0.3) is 5.56 Å². The third-order valence-corrected chi connectivity index (χ3v) is 9.63. The normalized spacial score (nSPS) is 12.1. The zero-order chi connectivity index (χ0) is 31.7. The lowest BCUT2D eigenvalue weighted by atomic mass is 9.98. The van der Waals surface area contributed by atoms with Gasteiger partial charge in [0.15, 0.2) is 0 Å². The van der Waals surface area contributed by atoms with Crippen LogP contribution in [-0.4, -0.2) is 36.3 Å². The van der Waals surface area contributed by atoms with Crippen molar-refractivity contribution >= 4 is 59.5 Å². The van der Waals surface area contributed by atoms with E-state index in [0.717, 1.165) is 34.0 Å². The third-order valence-electron chi connectivity index (χ3n) is 8.44. The number of aromatic amines is 1. The second-order valence-electron chi connectivity index (χ2n) is 11.3. The molecule has 0 atom stereocenters. The van der Waals surface area contributed by atoms with Crippen molar-refractivity contribution in [3.63, 3.8) is 0 Å². The number of nitrogens with zero attached hydrogens (tertiary/aromatic N) is 3. The number of furan rings is 1. The van der Waals surface area contributed by atoms with Crippen molar-refractivity contribution in [1.82, 2.24) is 14.5 Å². The van der Waals surface area contributed by atoms with Crippen molar-refractivity contribution < 1.29 is 17.2 Å². The van der Waals surface area contributed by atoms with Gasteiger partial charge >= 0.3 is 0 Å². The van der Waals surface area contributed by atoms with Gasteiger partial charge < -0.3 is 9.40 Å². The molecule has 0 aliphatic rings. The molecule has 0 spiro atoms. The molecule has 0 bridgehead atoms. The van der Waals surface area contributed by atoms with Crippen LogP contribution in [0, 0.1) is 5.82 Å². The van der Waals surface area contributed by atoms with Crippen LogP contribution < -0.4 is 9.86 Å². The Morgan fingerprint density at radius 1 is 0.870 bits per heavy atom. The average molecular weight is 629 g/mol. The van der Waals surface area contributed by atoms with Gasteiger partial charge in [0.05, 0.1) is 28.5 Å². The van der Waals surface area contributed by atoms with Gasteiger partial charge in [-0.2, -0.15) is 0 Å². The lowest BCUT2D eigenvalue weighted by Gasteiger charge is -2.21. The minimum atomic E-state index is -3.68. The quantitative estimate of drug-likeness (QED) is 0.211. The molecule has 0 saturated heterocycles. The predicted molar refractivity (Wildman–Crippen MR) is 181 cm³/mol. The largest absolute Gasteiger partial charge is 0.455 e. The van der Waals surface area contributed by atoms with Crippen molar-refractivity contribution in [3.05, 3.63) is 126 Å². The molecule has 8 nitrogen and oxygen atoms in total. The van der Waals surface area contributed by atoms with Crippen LogP contribution in [-0.2, 0) is 10.0 Å². The first kappa shape index (κ1) is 27.8. The van der Waals surface area contributed by atoms with Crippen molar-refractivity contribution in [3.8, 4) is 28.1 Å². The number of halogens is 1. The van der Waals surface area contributed by atoms with Gasteiger partial charge in [-0.05, 0) is 65.7 Å². The monoisotopic (exact) mass is 628 g/mol. The second kappa shape index (κ2) is 10.1. The second-order valence-corrected chi connectivity index (χ2v) is 13.3. The lowest BCUT2D eigenvalue weighted by molar-refractivity contribution is 0.600. The van der Waals surface area contributed by atoms with E-state index in [0.29, 0.717) is 44.2 Å². The molecule has 8 rings (SSSR count). The Morgan fingerprint density at radius 2 is 1.65 bits per heavy atom. The molecular weight excluding hydrogens is 603 g/mol. The van der Waals surface area contributed by atoms with E-state index in [2.05, 4.69) is 16.0 Å². The maximum absolute atomic E-state index is 14.6. The molecule has 0 aliphatic carbocycles. The number of rotatable bonds is 5. The van der Waals surface area contributed by atoms with E-state index in [1.807, 2.05) is 48.5 Å². The summed E-state index contributed by atoms with van der Waals surface area (Å²) >= 11 is 0. The molecule has 1 N–H and O–H groups in total. The zero-order valence-corrected chi connectivity index (χ0v) is 25.5. The number of hydrogen-bond acceptors (Lipinski definition) is 5. The molecule has 226 valence electrons. The smallest absolute Gasteiger partial charge is 0.267 e.